The number of halogens is 1. The molecule has 2 rings (SSSR count). The van der Waals surface area contributed by atoms with Crippen LogP contribution in [0.3, 0.4) is 0 Å². The maximum atomic E-state index is 5.96. The average molecular weight is 218 g/mol. The summed E-state index contributed by atoms with van der Waals surface area (Å²) in [5.41, 5.74) is 2.08. The molecule has 0 amide bonds. The predicted molar refractivity (Wildman–Crippen MR) is 66.1 cm³/mol. The van der Waals surface area contributed by atoms with Crippen molar-refractivity contribution in [2.75, 3.05) is 0 Å². The Balaban J connectivity index is 2.36. The third-order valence-electron chi connectivity index (χ3n) is 2.22. The normalized spacial score (nSPS) is 25.4. The van der Waals surface area contributed by atoms with Crippen molar-refractivity contribution in [1.82, 2.24) is 0 Å². The summed E-state index contributed by atoms with van der Waals surface area (Å²) >= 11 is 5.96. The fourth-order valence-corrected chi connectivity index (χ4v) is 1.67. The van der Waals surface area contributed by atoms with Gasteiger partial charge in [-0.1, -0.05) is 54.1 Å². The standard InChI is InChI=1S/C13H12ClN/c14-13-10-6-2-5-9-12(15-13)11-7-3-1-4-8-11/h1,3-4,6-10H,2,5H2/b10-6-,12-9-,15-13+. The molecule has 0 radical (unpaired) electrons. The highest BCUT2D eigenvalue weighted by molar-refractivity contribution is 6.68. The molecular formula is C13H12ClN. The second-order valence-electron chi connectivity index (χ2n) is 3.37. The number of hydrogen-bond donors (Lipinski definition) is 0. The minimum atomic E-state index is 0.546. The Kier molecular flexibility index (Phi) is 3.36. The predicted octanol–water partition coefficient (Wildman–Crippen LogP) is 4.01. The minimum Gasteiger partial charge on any atom is -0.236 e. The molecule has 15 heavy (non-hydrogen) atoms. The zero-order chi connectivity index (χ0) is 10.5. The van der Waals surface area contributed by atoms with Gasteiger partial charge in [0.1, 0.15) is 5.17 Å². The van der Waals surface area contributed by atoms with E-state index in [0.717, 1.165) is 24.1 Å². The van der Waals surface area contributed by atoms with Crippen molar-refractivity contribution >= 4 is 22.5 Å². The van der Waals surface area contributed by atoms with Gasteiger partial charge in [-0.05, 0) is 24.5 Å². The van der Waals surface area contributed by atoms with Crippen LogP contribution in [0.5, 0.6) is 0 Å². The summed E-state index contributed by atoms with van der Waals surface area (Å²) in [4.78, 5) is 4.36. The van der Waals surface area contributed by atoms with Crippen LogP contribution in [0.4, 0.5) is 0 Å². The van der Waals surface area contributed by atoms with Crippen molar-refractivity contribution in [3.05, 3.63) is 54.1 Å². The number of hydrogen-bond acceptors (Lipinski definition) is 1. The van der Waals surface area contributed by atoms with Crippen LogP contribution in [0, 0.1) is 0 Å². The van der Waals surface area contributed by atoms with E-state index < -0.39 is 0 Å². The lowest BCUT2D eigenvalue weighted by atomic mass is 10.1. The van der Waals surface area contributed by atoms with Crippen molar-refractivity contribution in [3.63, 3.8) is 0 Å². The lowest BCUT2D eigenvalue weighted by Gasteiger charge is -2.04. The molecule has 1 aromatic carbocycles. The molecule has 0 N–H and O–H groups in total. The summed E-state index contributed by atoms with van der Waals surface area (Å²) in [5.74, 6) is 0. The van der Waals surface area contributed by atoms with Crippen LogP contribution < -0.4 is 0 Å². The fraction of sp³-hybridized carbons (Fsp3) is 0.154. The van der Waals surface area contributed by atoms with E-state index in [9.17, 15) is 0 Å². The minimum absolute atomic E-state index is 0.546. The number of rotatable bonds is 1. The van der Waals surface area contributed by atoms with E-state index in [-0.39, 0.29) is 0 Å². The Morgan fingerprint density at radius 3 is 2.67 bits per heavy atom. The molecule has 1 heterocycles. The molecule has 1 nitrogen and oxygen atoms in total. The topological polar surface area (TPSA) is 12.4 Å². The van der Waals surface area contributed by atoms with Gasteiger partial charge in [0.25, 0.3) is 0 Å². The van der Waals surface area contributed by atoms with Gasteiger partial charge in [-0.15, -0.1) is 0 Å². The third kappa shape index (κ3) is 2.80. The zero-order valence-electron chi connectivity index (χ0n) is 8.36. The van der Waals surface area contributed by atoms with Crippen LogP contribution in [-0.4, -0.2) is 5.17 Å². The van der Waals surface area contributed by atoms with Crippen LogP contribution in [0.2, 0.25) is 0 Å². The van der Waals surface area contributed by atoms with Gasteiger partial charge in [-0.25, -0.2) is 4.99 Å². The Bertz CT molecular complexity index is 415. The van der Waals surface area contributed by atoms with Crippen molar-refractivity contribution in [2.45, 2.75) is 12.8 Å². The third-order valence-corrected chi connectivity index (χ3v) is 2.43. The van der Waals surface area contributed by atoms with E-state index in [0.29, 0.717) is 5.17 Å². The quantitative estimate of drug-likeness (QED) is 0.674. The molecule has 0 spiro atoms. The maximum absolute atomic E-state index is 5.96. The number of nitrogens with zero attached hydrogens (tertiary/aromatic N) is 1. The Morgan fingerprint density at radius 1 is 1.07 bits per heavy atom. The molecule has 0 bridgehead atoms. The van der Waals surface area contributed by atoms with Gasteiger partial charge in [0.05, 0.1) is 5.70 Å². The first-order valence-electron chi connectivity index (χ1n) is 5.02. The largest absolute Gasteiger partial charge is 0.236 e. The summed E-state index contributed by atoms with van der Waals surface area (Å²) in [6, 6.07) is 10.1. The first-order chi connectivity index (χ1) is 7.36. The van der Waals surface area contributed by atoms with E-state index >= 15 is 0 Å². The SMILES string of the molecule is ClC1=N/C(c2ccccc2)=C\CC/C=C\1. The fourth-order valence-electron chi connectivity index (χ4n) is 1.49. The van der Waals surface area contributed by atoms with Gasteiger partial charge in [0.2, 0.25) is 0 Å². The van der Waals surface area contributed by atoms with Crippen LogP contribution in [0.25, 0.3) is 5.70 Å². The van der Waals surface area contributed by atoms with Crippen LogP contribution in [-0.2, 0) is 0 Å². The van der Waals surface area contributed by atoms with E-state index in [4.69, 9.17) is 11.6 Å². The van der Waals surface area contributed by atoms with E-state index in [1.54, 1.807) is 0 Å². The van der Waals surface area contributed by atoms with Gasteiger partial charge in [-0.3, -0.25) is 0 Å². The highest BCUT2D eigenvalue weighted by atomic mass is 35.5. The first kappa shape index (κ1) is 10.2. The second-order valence-corrected chi connectivity index (χ2v) is 3.76. The molecular weight excluding hydrogens is 206 g/mol. The van der Waals surface area contributed by atoms with Crippen LogP contribution in [0.1, 0.15) is 18.4 Å². The van der Waals surface area contributed by atoms with E-state index in [2.05, 4.69) is 11.1 Å². The van der Waals surface area contributed by atoms with Gasteiger partial charge in [0, 0.05) is 0 Å². The molecule has 0 atom stereocenters. The zero-order valence-corrected chi connectivity index (χ0v) is 9.11. The molecule has 0 unspecified atom stereocenters. The molecule has 0 saturated carbocycles. The number of benzene rings is 1. The summed E-state index contributed by atoms with van der Waals surface area (Å²) in [6.45, 7) is 0. The van der Waals surface area contributed by atoms with Crippen LogP contribution in [0.15, 0.2) is 53.6 Å². The molecule has 0 aromatic heterocycles. The lowest BCUT2D eigenvalue weighted by molar-refractivity contribution is 1.05. The van der Waals surface area contributed by atoms with Crippen LogP contribution >= 0.6 is 11.6 Å². The highest BCUT2D eigenvalue weighted by Crippen LogP contribution is 2.19. The number of allylic oxidation sites excluding steroid dienone is 3. The average Bonchev–Trinajstić information content (AvgIpc) is 2.24. The first-order valence-corrected chi connectivity index (χ1v) is 5.40. The summed E-state index contributed by atoms with van der Waals surface area (Å²) < 4.78 is 0. The van der Waals surface area contributed by atoms with Crippen molar-refractivity contribution in [2.24, 2.45) is 4.99 Å². The molecule has 1 aromatic rings. The molecule has 0 saturated heterocycles. The second kappa shape index (κ2) is 4.94. The summed E-state index contributed by atoms with van der Waals surface area (Å²) in [7, 11) is 0. The Hall–Kier alpha value is -1.34. The lowest BCUT2D eigenvalue weighted by Crippen LogP contribution is -1.88. The smallest absolute Gasteiger partial charge is 0.129 e. The van der Waals surface area contributed by atoms with Crippen molar-refractivity contribution < 1.29 is 0 Å². The Morgan fingerprint density at radius 2 is 1.87 bits per heavy atom. The molecule has 76 valence electrons. The molecule has 1 aliphatic rings. The molecule has 1 aliphatic heterocycles. The number of aliphatic imine (C=N–C) groups is 1. The van der Waals surface area contributed by atoms with E-state index in [1.807, 2.05) is 42.5 Å². The van der Waals surface area contributed by atoms with Crippen molar-refractivity contribution in [3.8, 4) is 0 Å². The maximum Gasteiger partial charge on any atom is 0.129 e. The molecule has 0 aliphatic carbocycles. The van der Waals surface area contributed by atoms with Gasteiger partial charge >= 0.3 is 0 Å². The molecule has 2 heteroatoms. The van der Waals surface area contributed by atoms with Crippen molar-refractivity contribution in [1.29, 1.82) is 0 Å². The Labute approximate surface area is 94.8 Å². The monoisotopic (exact) mass is 217 g/mol. The van der Waals surface area contributed by atoms with Gasteiger partial charge in [0.15, 0.2) is 0 Å². The summed E-state index contributed by atoms with van der Waals surface area (Å²) in [5, 5.41) is 0.546. The molecule has 0 fully saturated rings. The van der Waals surface area contributed by atoms with E-state index in [1.165, 1.54) is 0 Å². The van der Waals surface area contributed by atoms with Gasteiger partial charge < -0.3 is 0 Å². The van der Waals surface area contributed by atoms with Gasteiger partial charge in [-0.2, -0.15) is 0 Å². The summed E-state index contributed by atoms with van der Waals surface area (Å²) in [6.07, 6.45) is 8.05. The highest BCUT2D eigenvalue weighted by Gasteiger charge is 2.01.